The first-order chi connectivity index (χ1) is 8.63. The lowest BCUT2D eigenvalue weighted by Crippen LogP contribution is -2.30. The summed E-state index contributed by atoms with van der Waals surface area (Å²) in [7, 11) is 0. The van der Waals surface area contributed by atoms with Crippen molar-refractivity contribution < 1.29 is 0 Å². The second-order valence-electron chi connectivity index (χ2n) is 5.86. The van der Waals surface area contributed by atoms with Crippen molar-refractivity contribution in [3.63, 3.8) is 0 Å². The van der Waals surface area contributed by atoms with Crippen LogP contribution >= 0.6 is 15.9 Å². The van der Waals surface area contributed by atoms with Crippen molar-refractivity contribution in [3.8, 4) is 0 Å². The van der Waals surface area contributed by atoms with Gasteiger partial charge in [0.15, 0.2) is 0 Å². The average Bonchev–Trinajstić information content (AvgIpc) is 2.94. The molecule has 3 nitrogen and oxygen atoms in total. The Morgan fingerprint density at radius 3 is 2.89 bits per heavy atom. The van der Waals surface area contributed by atoms with Crippen molar-refractivity contribution in [1.82, 2.24) is 4.98 Å². The van der Waals surface area contributed by atoms with E-state index in [1.165, 1.54) is 25.7 Å². The molecule has 0 aliphatic heterocycles. The molecule has 2 bridgehead atoms. The molecule has 1 aromatic rings. The molecule has 2 saturated carbocycles. The molecule has 1 aromatic heterocycles. The highest BCUT2D eigenvalue weighted by atomic mass is 79.9. The van der Waals surface area contributed by atoms with Crippen LogP contribution in [0.1, 0.15) is 32.6 Å². The molecule has 3 N–H and O–H groups in total. The van der Waals surface area contributed by atoms with Gasteiger partial charge in [0.05, 0.1) is 5.69 Å². The van der Waals surface area contributed by atoms with Crippen LogP contribution in [0.25, 0.3) is 0 Å². The number of nitrogens with one attached hydrogen (secondary N) is 1. The van der Waals surface area contributed by atoms with Gasteiger partial charge in [-0.2, -0.15) is 0 Å². The average molecular weight is 310 g/mol. The van der Waals surface area contributed by atoms with Crippen molar-refractivity contribution in [3.05, 3.63) is 16.7 Å². The predicted octanol–water partition coefficient (Wildman–Crippen LogP) is 3.66. The molecule has 0 spiro atoms. The minimum absolute atomic E-state index is 0.469. The Labute approximate surface area is 117 Å². The summed E-state index contributed by atoms with van der Waals surface area (Å²) in [5.41, 5.74) is 6.71. The van der Waals surface area contributed by atoms with Gasteiger partial charge in [0.2, 0.25) is 0 Å². The molecule has 18 heavy (non-hydrogen) atoms. The third kappa shape index (κ3) is 2.22. The Hall–Kier alpha value is -0.770. The molecule has 2 fully saturated rings. The van der Waals surface area contributed by atoms with Crippen LogP contribution < -0.4 is 11.1 Å². The van der Waals surface area contributed by atoms with E-state index in [2.05, 4.69) is 33.2 Å². The quantitative estimate of drug-likeness (QED) is 0.896. The zero-order valence-electron chi connectivity index (χ0n) is 10.7. The van der Waals surface area contributed by atoms with E-state index in [1.54, 1.807) is 6.20 Å². The van der Waals surface area contributed by atoms with E-state index in [0.29, 0.717) is 6.04 Å². The smallest absolute Gasteiger partial charge is 0.149 e. The lowest BCUT2D eigenvalue weighted by molar-refractivity contribution is 0.304. The van der Waals surface area contributed by atoms with Crippen LogP contribution in [0.15, 0.2) is 16.7 Å². The Balaban J connectivity index is 1.69. The van der Waals surface area contributed by atoms with E-state index < -0.39 is 0 Å². The van der Waals surface area contributed by atoms with Gasteiger partial charge in [0.1, 0.15) is 5.82 Å². The molecular weight excluding hydrogens is 290 g/mol. The summed E-state index contributed by atoms with van der Waals surface area (Å²) in [5, 5.41) is 3.51. The SMILES string of the molecule is CC(Nc1ncc(Br)cc1N)C1CC2CCC1C2. The minimum atomic E-state index is 0.469. The summed E-state index contributed by atoms with van der Waals surface area (Å²) in [6.45, 7) is 2.27. The maximum atomic E-state index is 5.99. The zero-order valence-corrected chi connectivity index (χ0v) is 12.3. The second-order valence-corrected chi connectivity index (χ2v) is 6.78. The molecule has 98 valence electrons. The minimum Gasteiger partial charge on any atom is -0.396 e. The maximum Gasteiger partial charge on any atom is 0.149 e. The summed E-state index contributed by atoms with van der Waals surface area (Å²) in [6, 6.07) is 2.37. The van der Waals surface area contributed by atoms with E-state index in [0.717, 1.165) is 33.7 Å². The highest BCUT2D eigenvalue weighted by molar-refractivity contribution is 9.10. The van der Waals surface area contributed by atoms with E-state index in [9.17, 15) is 0 Å². The number of anilines is 2. The van der Waals surface area contributed by atoms with Crippen molar-refractivity contribution in [1.29, 1.82) is 0 Å². The van der Waals surface area contributed by atoms with Gasteiger partial charge in [0.25, 0.3) is 0 Å². The number of aromatic nitrogens is 1. The molecule has 2 aliphatic carbocycles. The molecule has 3 rings (SSSR count). The Morgan fingerprint density at radius 2 is 2.28 bits per heavy atom. The normalized spacial score (nSPS) is 31.6. The van der Waals surface area contributed by atoms with Crippen molar-refractivity contribution in [2.45, 2.75) is 38.6 Å². The number of fused-ring (bicyclic) bond motifs is 2. The first-order valence-corrected chi connectivity index (χ1v) is 7.60. The van der Waals surface area contributed by atoms with Gasteiger partial charge in [-0.3, -0.25) is 0 Å². The molecule has 0 radical (unpaired) electrons. The van der Waals surface area contributed by atoms with Crippen LogP contribution in [0.4, 0.5) is 11.5 Å². The Kier molecular flexibility index (Phi) is 3.22. The van der Waals surface area contributed by atoms with E-state index in [1.807, 2.05) is 6.07 Å². The van der Waals surface area contributed by atoms with Gasteiger partial charge in [-0.15, -0.1) is 0 Å². The Bertz CT molecular complexity index is 449. The largest absolute Gasteiger partial charge is 0.396 e. The number of nitrogens with two attached hydrogens (primary N) is 1. The first kappa shape index (κ1) is 12.3. The van der Waals surface area contributed by atoms with Gasteiger partial charge in [-0.25, -0.2) is 4.98 Å². The molecule has 0 saturated heterocycles. The van der Waals surface area contributed by atoms with Crippen molar-refractivity contribution >= 4 is 27.4 Å². The number of hydrogen-bond acceptors (Lipinski definition) is 3. The van der Waals surface area contributed by atoms with Gasteiger partial charge in [-0.05, 0) is 65.9 Å². The van der Waals surface area contributed by atoms with Crippen molar-refractivity contribution in [2.24, 2.45) is 17.8 Å². The fourth-order valence-corrected chi connectivity index (χ4v) is 4.15. The van der Waals surface area contributed by atoms with Crippen LogP contribution in [-0.4, -0.2) is 11.0 Å². The van der Waals surface area contributed by atoms with Crippen LogP contribution in [-0.2, 0) is 0 Å². The zero-order chi connectivity index (χ0) is 12.7. The second kappa shape index (κ2) is 4.72. The molecule has 4 unspecified atom stereocenters. The molecular formula is C14H20BrN3. The number of halogens is 1. The van der Waals surface area contributed by atoms with Gasteiger partial charge in [-0.1, -0.05) is 6.42 Å². The number of nitrogens with zero attached hydrogens (tertiary/aromatic N) is 1. The number of pyridine rings is 1. The van der Waals surface area contributed by atoms with Gasteiger partial charge in [0, 0.05) is 16.7 Å². The van der Waals surface area contributed by atoms with Gasteiger partial charge >= 0.3 is 0 Å². The molecule has 2 aliphatic rings. The number of hydrogen-bond donors (Lipinski definition) is 2. The summed E-state index contributed by atoms with van der Waals surface area (Å²) in [4.78, 5) is 4.37. The predicted molar refractivity (Wildman–Crippen MR) is 78.4 cm³/mol. The lowest BCUT2D eigenvalue weighted by atomic mass is 9.84. The van der Waals surface area contributed by atoms with E-state index >= 15 is 0 Å². The monoisotopic (exact) mass is 309 g/mol. The molecule has 0 aromatic carbocycles. The van der Waals surface area contributed by atoms with Crippen LogP contribution in [0, 0.1) is 17.8 Å². The summed E-state index contributed by atoms with van der Waals surface area (Å²) in [5.74, 6) is 3.54. The highest BCUT2D eigenvalue weighted by Crippen LogP contribution is 2.49. The fraction of sp³-hybridized carbons (Fsp3) is 0.643. The molecule has 0 amide bonds. The first-order valence-electron chi connectivity index (χ1n) is 6.81. The van der Waals surface area contributed by atoms with Crippen molar-refractivity contribution in [2.75, 3.05) is 11.1 Å². The van der Waals surface area contributed by atoms with E-state index in [4.69, 9.17) is 5.73 Å². The highest BCUT2D eigenvalue weighted by Gasteiger charge is 2.41. The summed E-state index contributed by atoms with van der Waals surface area (Å²) >= 11 is 3.39. The van der Waals surface area contributed by atoms with E-state index in [-0.39, 0.29) is 0 Å². The third-order valence-corrected chi connectivity index (χ3v) is 5.12. The van der Waals surface area contributed by atoms with Crippen LogP contribution in [0.3, 0.4) is 0 Å². The molecule has 4 atom stereocenters. The van der Waals surface area contributed by atoms with Gasteiger partial charge < -0.3 is 11.1 Å². The topological polar surface area (TPSA) is 50.9 Å². The third-order valence-electron chi connectivity index (χ3n) is 4.68. The number of nitrogen functional groups attached to an aromatic ring is 1. The Morgan fingerprint density at radius 1 is 1.44 bits per heavy atom. The lowest BCUT2D eigenvalue weighted by Gasteiger charge is -2.29. The summed E-state index contributed by atoms with van der Waals surface area (Å²) < 4.78 is 0.929. The van der Waals surface area contributed by atoms with Crippen LogP contribution in [0.5, 0.6) is 0 Å². The maximum absolute atomic E-state index is 5.99. The van der Waals surface area contributed by atoms with Crippen LogP contribution in [0.2, 0.25) is 0 Å². The standard InChI is InChI=1S/C14H20BrN3/c1-8(12-5-9-2-3-10(12)4-9)18-14-13(16)6-11(15)7-17-14/h6-10,12H,2-5,16H2,1H3,(H,17,18). The molecule has 4 heteroatoms. The fourth-order valence-electron chi connectivity index (χ4n) is 3.80. The molecule has 1 heterocycles. The summed E-state index contributed by atoms with van der Waals surface area (Å²) in [6.07, 6.45) is 7.50. The number of rotatable bonds is 3.